The summed E-state index contributed by atoms with van der Waals surface area (Å²) >= 11 is 6.20. The molecule has 0 spiro atoms. The standard InChI is InChI=1S/C16H22ClNO4/c1-21-14-9-15(22-2)13(17)7-11(14)10-18-6-4-3-5-12(18)8-16(19)20/h7,9,12H,3-6,8,10H2,1-2H3,(H,19,20). The Morgan fingerprint density at radius 2 is 2.05 bits per heavy atom. The quantitative estimate of drug-likeness (QED) is 0.869. The molecule has 0 amide bonds. The van der Waals surface area contributed by atoms with Gasteiger partial charge in [0.05, 0.1) is 25.7 Å². The van der Waals surface area contributed by atoms with Crippen molar-refractivity contribution in [1.82, 2.24) is 4.90 Å². The van der Waals surface area contributed by atoms with Crippen molar-refractivity contribution >= 4 is 17.6 Å². The van der Waals surface area contributed by atoms with Crippen LogP contribution in [0.4, 0.5) is 0 Å². The number of methoxy groups -OCH3 is 2. The van der Waals surface area contributed by atoms with Crippen molar-refractivity contribution in [1.29, 1.82) is 0 Å². The predicted octanol–water partition coefficient (Wildman–Crippen LogP) is 3.19. The molecule has 122 valence electrons. The number of halogens is 1. The van der Waals surface area contributed by atoms with E-state index < -0.39 is 5.97 Å². The fourth-order valence-electron chi connectivity index (χ4n) is 2.97. The lowest BCUT2D eigenvalue weighted by Crippen LogP contribution is -2.40. The first kappa shape index (κ1) is 16.9. The van der Waals surface area contributed by atoms with E-state index in [4.69, 9.17) is 26.2 Å². The van der Waals surface area contributed by atoms with Gasteiger partial charge in [-0.1, -0.05) is 18.0 Å². The first-order valence-corrected chi connectivity index (χ1v) is 7.79. The monoisotopic (exact) mass is 327 g/mol. The van der Waals surface area contributed by atoms with Gasteiger partial charge in [0, 0.05) is 24.2 Å². The molecule has 1 aliphatic rings. The second kappa shape index (κ2) is 7.70. The van der Waals surface area contributed by atoms with Crippen LogP contribution in [0, 0.1) is 0 Å². The second-order valence-corrected chi connectivity index (χ2v) is 5.92. The first-order chi connectivity index (χ1) is 10.5. The number of ether oxygens (including phenoxy) is 2. The summed E-state index contributed by atoms with van der Waals surface area (Å²) in [4.78, 5) is 13.2. The molecular formula is C16H22ClNO4. The van der Waals surface area contributed by atoms with Crippen LogP contribution in [0.3, 0.4) is 0 Å². The maximum Gasteiger partial charge on any atom is 0.304 e. The Balaban J connectivity index is 2.20. The fourth-order valence-corrected chi connectivity index (χ4v) is 3.23. The van der Waals surface area contributed by atoms with E-state index in [9.17, 15) is 4.79 Å². The highest BCUT2D eigenvalue weighted by Crippen LogP contribution is 2.34. The topological polar surface area (TPSA) is 59.0 Å². The van der Waals surface area contributed by atoms with Crippen molar-refractivity contribution in [3.63, 3.8) is 0 Å². The lowest BCUT2D eigenvalue weighted by atomic mass is 9.98. The number of benzene rings is 1. The molecule has 0 aromatic heterocycles. The van der Waals surface area contributed by atoms with Crippen LogP contribution in [-0.4, -0.2) is 42.8 Å². The van der Waals surface area contributed by atoms with E-state index in [2.05, 4.69) is 4.90 Å². The third-order valence-electron chi connectivity index (χ3n) is 4.09. The molecule has 1 aliphatic heterocycles. The van der Waals surface area contributed by atoms with Gasteiger partial charge in [0.25, 0.3) is 0 Å². The molecule has 5 nitrogen and oxygen atoms in total. The number of piperidine rings is 1. The second-order valence-electron chi connectivity index (χ2n) is 5.52. The van der Waals surface area contributed by atoms with Gasteiger partial charge in [-0.15, -0.1) is 0 Å². The Hall–Kier alpha value is -1.46. The van der Waals surface area contributed by atoms with Gasteiger partial charge in [-0.2, -0.15) is 0 Å². The summed E-state index contributed by atoms with van der Waals surface area (Å²) in [6.07, 6.45) is 3.25. The highest BCUT2D eigenvalue weighted by molar-refractivity contribution is 6.32. The maximum atomic E-state index is 11.0. The zero-order chi connectivity index (χ0) is 16.1. The molecule has 0 bridgehead atoms. The largest absolute Gasteiger partial charge is 0.496 e. The van der Waals surface area contributed by atoms with Crippen LogP contribution in [0.2, 0.25) is 5.02 Å². The van der Waals surface area contributed by atoms with Gasteiger partial charge in [-0.3, -0.25) is 9.69 Å². The highest BCUT2D eigenvalue weighted by Gasteiger charge is 2.25. The SMILES string of the molecule is COc1cc(OC)c(CN2CCCCC2CC(=O)O)cc1Cl. The van der Waals surface area contributed by atoms with Crippen LogP contribution < -0.4 is 9.47 Å². The number of hydrogen-bond donors (Lipinski definition) is 1. The predicted molar refractivity (Wildman–Crippen MR) is 84.9 cm³/mol. The van der Waals surface area contributed by atoms with Gasteiger partial charge >= 0.3 is 5.97 Å². The Kier molecular flexibility index (Phi) is 5.91. The van der Waals surface area contributed by atoms with Crippen molar-refractivity contribution in [2.45, 2.75) is 38.3 Å². The summed E-state index contributed by atoms with van der Waals surface area (Å²) in [6.45, 7) is 1.52. The van der Waals surface area contributed by atoms with Crippen molar-refractivity contribution < 1.29 is 19.4 Å². The third-order valence-corrected chi connectivity index (χ3v) is 4.38. The number of hydrogen-bond acceptors (Lipinski definition) is 4. The average molecular weight is 328 g/mol. The summed E-state index contributed by atoms with van der Waals surface area (Å²) in [5.41, 5.74) is 0.950. The van der Waals surface area contributed by atoms with Crippen LogP contribution in [0.5, 0.6) is 11.5 Å². The van der Waals surface area contributed by atoms with Crippen LogP contribution in [0.15, 0.2) is 12.1 Å². The van der Waals surface area contributed by atoms with Gasteiger partial charge in [0.15, 0.2) is 0 Å². The van der Waals surface area contributed by atoms with Gasteiger partial charge in [0.1, 0.15) is 11.5 Å². The molecule has 1 aromatic carbocycles. The molecule has 22 heavy (non-hydrogen) atoms. The number of carbonyl (C=O) groups is 1. The minimum absolute atomic E-state index is 0.0665. The normalized spacial score (nSPS) is 19.0. The summed E-state index contributed by atoms with van der Waals surface area (Å²) in [6, 6.07) is 3.68. The van der Waals surface area contributed by atoms with Crippen molar-refractivity contribution in [3.05, 3.63) is 22.7 Å². The van der Waals surface area contributed by atoms with Gasteiger partial charge in [-0.05, 0) is 25.5 Å². The van der Waals surface area contributed by atoms with Crippen LogP contribution >= 0.6 is 11.6 Å². The fraction of sp³-hybridized carbons (Fsp3) is 0.562. The van der Waals surface area contributed by atoms with Crippen molar-refractivity contribution in [2.24, 2.45) is 0 Å². The van der Waals surface area contributed by atoms with E-state index >= 15 is 0 Å². The third kappa shape index (κ3) is 4.05. The molecule has 1 N–H and O–H groups in total. The van der Waals surface area contributed by atoms with E-state index in [-0.39, 0.29) is 12.5 Å². The summed E-state index contributed by atoms with van der Waals surface area (Å²) in [5, 5.41) is 9.61. The van der Waals surface area contributed by atoms with Gasteiger partial charge in [-0.25, -0.2) is 0 Å². The summed E-state index contributed by atoms with van der Waals surface area (Å²) in [7, 11) is 3.17. The first-order valence-electron chi connectivity index (χ1n) is 7.41. The van der Waals surface area contributed by atoms with E-state index in [1.165, 1.54) is 0 Å². The average Bonchev–Trinajstić information content (AvgIpc) is 2.49. The number of carboxylic acid groups (broad SMARTS) is 1. The minimum Gasteiger partial charge on any atom is -0.496 e. The Morgan fingerprint density at radius 1 is 1.32 bits per heavy atom. The minimum atomic E-state index is -0.753. The number of rotatable bonds is 6. The molecule has 1 saturated heterocycles. The molecule has 1 fully saturated rings. The highest BCUT2D eigenvalue weighted by atomic mass is 35.5. The summed E-state index contributed by atoms with van der Waals surface area (Å²) < 4.78 is 10.6. The zero-order valence-electron chi connectivity index (χ0n) is 13.0. The number of aliphatic carboxylic acids is 1. The Bertz CT molecular complexity index is 535. The van der Waals surface area contributed by atoms with Crippen molar-refractivity contribution in [2.75, 3.05) is 20.8 Å². The van der Waals surface area contributed by atoms with E-state index in [1.807, 2.05) is 6.07 Å². The lowest BCUT2D eigenvalue weighted by molar-refractivity contribution is -0.138. The molecule has 1 unspecified atom stereocenters. The van der Waals surface area contributed by atoms with Crippen molar-refractivity contribution in [3.8, 4) is 11.5 Å². The maximum absolute atomic E-state index is 11.0. The molecule has 1 aromatic rings. The van der Waals surface area contributed by atoms with Crippen LogP contribution in [0.25, 0.3) is 0 Å². The molecule has 1 atom stereocenters. The molecule has 1 heterocycles. The van der Waals surface area contributed by atoms with Crippen LogP contribution in [-0.2, 0) is 11.3 Å². The molecular weight excluding hydrogens is 306 g/mol. The molecule has 0 saturated carbocycles. The number of likely N-dealkylation sites (tertiary alicyclic amines) is 1. The zero-order valence-corrected chi connectivity index (χ0v) is 13.7. The Labute approximate surface area is 135 Å². The molecule has 6 heteroatoms. The molecule has 2 rings (SSSR count). The van der Waals surface area contributed by atoms with Gasteiger partial charge < -0.3 is 14.6 Å². The van der Waals surface area contributed by atoms with E-state index in [1.54, 1.807) is 20.3 Å². The van der Waals surface area contributed by atoms with Crippen LogP contribution in [0.1, 0.15) is 31.2 Å². The number of carboxylic acids is 1. The lowest BCUT2D eigenvalue weighted by Gasteiger charge is -2.35. The van der Waals surface area contributed by atoms with Gasteiger partial charge in [0.2, 0.25) is 0 Å². The van der Waals surface area contributed by atoms with E-state index in [0.29, 0.717) is 23.1 Å². The number of nitrogens with zero attached hydrogens (tertiary/aromatic N) is 1. The molecule has 0 aliphatic carbocycles. The smallest absolute Gasteiger partial charge is 0.304 e. The summed E-state index contributed by atoms with van der Waals surface area (Å²) in [5.74, 6) is 0.528. The van der Waals surface area contributed by atoms with E-state index in [0.717, 1.165) is 31.4 Å². The molecule has 0 radical (unpaired) electrons. The Morgan fingerprint density at radius 3 is 2.68 bits per heavy atom.